The van der Waals surface area contributed by atoms with Crippen LogP contribution < -0.4 is 5.32 Å². The van der Waals surface area contributed by atoms with Gasteiger partial charge in [0.1, 0.15) is 0 Å². The Hall–Kier alpha value is -1.27. The molecule has 0 aromatic rings. The molecule has 126 valence electrons. The second kappa shape index (κ2) is 7.33. The number of hydrogen-bond donors (Lipinski definition) is 1. The monoisotopic (exact) mass is 320 g/mol. The molecule has 22 heavy (non-hydrogen) atoms. The first-order valence-electron chi connectivity index (χ1n) is 8.10. The van der Waals surface area contributed by atoms with Crippen molar-refractivity contribution in [3.63, 3.8) is 0 Å². The second-order valence-corrected chi connectivity index (χ2v) is 6.25. The summed E-state index contributed by atoms with van der Waals surface area (Å²) in [4.78, 5) is 24.4. The number of hydrogen-bond acceptors (Lipinski definition) is 2. The summed E-state index contributed by atoms with van der Waals surface area (Å²) in [5, 5.41) is 2.64. The number of rotatable bonds is 2. The molecule has 0 atom stereocenters. The van der Waals surface area contributed by atoms with Crippen LogP contribution in [0.3, 0.4) is 0 Å². The zero-order chi connectivity index (χ0) is 16.2. The van der Waals surface area contributed by atoms with E-state index in [0.717, 1.165) is 51.4 Å². The maximum atomic E-state index is 12.8. The Morgan fingerprint density at radius 3 is 1.86 bits per heavy atom. The number of imide groups is 1. The maximum absolute atomic E-state index is 12.8. The number of nitrogens with one attached hydrogen (secondary N) is 1. The van der Waals surface area contributed by atoms with Crippen LogP contribution in [0.4, 0.5) is 18.0 Å². The molecule has 0 radical (unpaired) electrons. The number of alkyl halides is 3. The number of nitrogens with zero attached hydrogens (tertiary/aromatic N) is 1. The highest BCUT2D eigenvalue weighted by molar-refractivity contribution is 5.97. The molecule has 2 rings (SSSR count). The Bertz CT molecular complexity index is 400. The van der Waals surface area contributed by atoms with E-state index >= 15 is 0 Å². The Kier molecular flexibility index (Phi) is 5.69. The fourth-order valence-electron chi connectivity index (χ4n) is 3.39. The summed E-state index contributed by atoms with van der Waals surface area (Å²) in [5.74, 6) is -2.03. The van der Waals surface area contributed by atoms with Gasteiger partial charge < -0.3 is 5.32 Å². The van der Waals surface area contributed by atoms with Crippen LogP contribution in [0.5, 0.6) is 0 Å². The lowest BCUT2D eigenvalue weighted by atomic mass is 9.93. The van der Waals surface area contributed by atoms with Crippen LogP contribution in [0.1, 0.15) is 64.2 Å². The highest BCUT2D eigenvalue weighted by Gasteiger charge is 2.47. The van der Waals surface area contributed by atoms with Gasteiger partial charge in [0.05, 0.1) is 0 Å². The van der Waals surface area contributed by atoms with Gasteiger partial charge in [-0.05, 0) is 25.7 Å². The van der Waals surface area contributed by atoms with Gasteiger partial charge in [0.25, 0.3) is 0 Å². The summed E-state index contributed by atoms with van der Waals surface area (Å²) >= 11 is 0. The first-order valence-corrected chi connectivity index (χ1v) is 8.10. The molecule has 2 aliphatic rings. The molecule has 7 heteroatoms. The molecule has 3 amide bonds. The summed E-state index contributed by atoms with van der Waals surface area (Å²) in [5.41, 5.74) is 0. The van der Waals surface area contributed by atoms with E-state index in [4.69, 9.17) is 0 Å². The number of carbonyl (C=O) groups is 2. The molecule has 2 saturated carbocycles. The second-order valence-electron chi connectivity index (χ2n) is 6.25. The van der Waals surface area contributed by atoms with Crippen LogP contribution >= 0.6 is 0 Å². The molecule has 0 aliphatic heterocycles. The Labute approximate surface area is 128 Å². The van der Waals surface area contributed by atoms with Gasteiger partial charge in [-0.15, -0.1) is 0 Å². The lowest BCUT2D eigenvalue weighted by molar-refractivity contribution is -0.184. The summed E-state index contributed by atoms with van der Waals surface area (Å²) in [6, 6.07) is -1.62. The van der Waals surface area contributed by atoms with Gasteiger partial charge in [0.15, 0.2) is 0 Å². The van der Waals surface area contributed by atoms with E-state index < -0.39 is 24.2 Å². The van der Waals surface area contributed by atoms with E-state index in [2.05, 4.69) is 5.32 Å². The van der Waals surface area contributed by atoms with Gasteiger partial charge in [-0.1, -0.05) is 38.5 Å². The third-order valence-corrected chi connectivity index (χ3v) is 4.55. The van der Waals surface area contributed by atoms with Crippen molar-refractivity contribution < 1.29 is 22.8 Å². The van der Waals surface area contributed by atoms with Crippen LogP contribution in [0.15, 0.2) is 0 Å². The molecule has 2 aliphatic carbocycles. The Balaban J connectivity index is 2.08. The van der Waals surface area contributed by atoms with Crippen LogP contribution in [-0.2, 0) is 4.79 Å². The predicted molar refractivity (Wildman–Crippen MR) is 75.2 cm³/mol. The van der Waals surface area contributed by atoms with Crippen LogP contribution in [0.2, 0.25) is 0 Å². The molecule has 1 N–H and O–H groups in total. The summed E-state index contributed by atoms with van der Waals surface area (Å²) in [7, 11) is 0. The molecule has 0 saturated heterocycles. The van der Waals surface area contributed by atoms with Crippen molar-refractivity contribution in [2.24, 2.45) is 0 Å². The number of carbonyl (C=O) groups excluding carboxylic acids is 2. The van der Waals surface area contributed by atoms with E-state index in [1.54, 1.807) is 0 Å². The largest absolute Gasteiger partial charge is 0.471 e. The molecule has 0 aromatic carbocycles. The molecule has 2 fully saturated rings. The van der Waals surface area contributed by atoms with Crippen molar-refractivity contribution in [1.82, 2.24) is 10.2 Å². The summed E-state index contributed by atoms with van der Waals surface area (Å²) in [6.45, 7) is 0. The first kappa shape index (κ1) is 17.1. The molecular weight excluding hydrogens is 297 g/mol. The minimum absolute atomic E-state index is 0.117. The van der Waals surface area contributed by atoms with Gasteiger partial charge in [-0.2, -0.15) is 13.2 Å². The van der Waals surface area contributed by atoms with Crippen molar-refractivity contribution in [3.05, 3.63) is 0 Å². The molecule has 0 spiro atoms. The quantitative estimate of drug-likeness (QED) is 0.842. The van der Waals surface area contributed by atoms with Crippen molar-refractivity contribution in [1.29, 1.82) is 0 Å². The lowest BCUT2D eigenvalue weighted by Crippen LogP contribution is -2.56. The molecule has 0 heterocycles. The van der Waals surface area contributed by atoms with Gasteiger partial charge in [-0.3, -0.25) is 9.69 Å². The van der Waals surface area contributed by atoms with Crippen molar-refractivity contribution in [3.8, 4) is 0 Å². The van der Waals surface area contributed by atoms with Gasteiger partial charge in [0.2, 0.25) is 0 Å². The SMILES string of the molecule is O=C(NC1CCCCC1)N(C(=O)C(F)(F)F)C1CCCCC1. The van der Waals surface area contributed by atoms with Gasteiger partial charge in [0, 0.05) is 12.1 Å². The highest BCUT2D eigenvalue weighted by atomic mass is 19.4. The van der Waals surface area contributed by atoms with Crippen molar-refractivity contribution in [2.75, 3.05) is 0 Å². The third kappa shape index (κ3) is 4.36. The summed E-state index contributed by atoms with van der Waals surface area (Å²) in [6.07, 6.45) is 2.89. The van der Waals surface area contributed by atoms with Crippen molar-refractivity contribution in [2.45, 2.75) is 82.5 Å². The fraction of sp³-hybridized carbons (Fsp3) is 0.867. The zero-order valence-electron chi connectivity index (χ0n) is 12.6. The van der Waals surface area contributed by atoms with Crippen LogP contribution in [-0.4, -0.2) is 35.1 Å². The topological polar surface area (TPSA) is 49.4 Å². The molecule has 0 bridgehead atoms. The van der Waals surface area contributed by atoms with E-state index in [9.17, 15) is 22.8 Å². The van der Waals surface area contributed by atoms with Gasteiger partial charge in [-0.25, -0.2) is 4.79 Å². The average Bonchev–Trinajstić information content (AvgIpc) is 2.48. The molecule has 0 unspecified atom stereocenters. The average molecular weight is 320 g/mol. The summed E-state index contributed by atoms with van der Waals surface area (Å²) < 4.78 is 38.5. The molecule has 0 aromatic heterocycles. The number of halogens is 3. The van der Waals surface area contributed by atoms with E-state index in [0.29, 0.717) is 17.7 Å². The number of amides is 3. The zero-order valence-corrected chi connectivity index (χ0v) is 12.6. The Morgan fingerprint density at radius 2 is 1.36 bits per heavy atom. The molecular formula is C15H23F3N2O2. The van der Waals surface area contributed by atoms with E-state index in [1.165, 1.54) is 0 Å². The van der Waals surface area contributed by atoms with E-state index in [1.807, 2.05) is 0 Å². The smallest absolute Gasteiger partial charge is 0.335 e. The first-order chi connectivity index (χ1) is 10.4. The van der Waals surface area contributed by atoms with Crippen LogP contribution in [0, 0.1) is 0 Å². The van der Waals surface area contributed by atoms with Gasteiger partial charge >= 0.3 is 18.1 Å². The third-order valence-electron chi connectivity index (χ3n) is 4.55. The lowest BCUT2D eigenvalue weighted by Gasteiger charge is -2.34. The fourth-order valence-corrected chi connectivity index (χ4v) is 3.39. The minimum Gasteiger partial charge on any atom is -0.335 e. The van der Waals surface area contributed by atoms with E-state index in [-0.39, 0.29) is 6.04 Å². The van der Waals surface area contributed by atoms with Crippen molar-refractivity contribution >= 4 is 11.9 Å². The maximum Gasteiger partial charge on any atom is 0.471 e. The normalized spacial score (nSPS) is 21.4. The minimum atomic E-state index is -5.01. The molecule has 4 nitrogen and oxygen atoms in total. The number of urea groups is 1. The predicted octanol–water partition coefficient (Wildman–Crippen LogP) is 3.75. The van der Waals surface area contributed by atoms with Crippen LogP contribution in [0.25, 0.3) is 0 Å². The Morgan fingerprint density at radius 1 is 0.864 bits per heavy atom. The standard InChI is InChI=1S/C15H23F3N2O2/c16-15(17,18)13(21)20(12-9-5-2-6-10-12)14(22)19-11-7-3-1-4-8-11/h11-12H,1-10H2,(H,19,22). The highest BCUT2D eigenvalue weighted by Crippen LogP contribution is 2.28.